The van der Waals surface area contributed by atoms with Crippen LogP contribution in [0, 0.1) is 19.3 Å². The molecule has 1 aromatic rings. The Balaban J connectivity index is 2.35. The lowest BCUT2D eigenvalue weighted by Gasteiger charge is -2.15. The van der Waals surface area contributed by atoms with Gasteiger partial charge in [-0.3, -0.25) is 10.2 Å². The zero-order valence-corrected chi connectivity index (χ0v) is 14.7. The van der Waals surface area contributed by atoms with E-state index < -0.39 is 12.0 Å². The summed E-state index contributed by atoms with van der Waals surface area (Å²) in [7, 11) is 0. The molecule has 0 aliphatic heterocycles. The van der Waals surface area contributed by atoms with E-state index in [1.807, 2.05) is 26.0 Å². The van der Waals surface area contributed by atoms with Crippen molar-refractivity contribution in [2.24, 2.45) is 5.73 Å². The number of amides is 1. The monoisotopic (exact) mass is 349 g/mol. The number of nitrogens with two attached hydrogens (primary N) is 1. The van der Waals surface area contributed by atoms with E-state index in [-0.39, 0.29) is 24.8 Å². The molecule has 0 heterocycles. The summed E-state index contributed by atoms with van der Waals surface area (Å²) in [4.78, 5) is 23.1. The van der Waals surface area contributed by atoms with Crippen molar-refractivity contribution in [3.8, 4) is 0 Å². The molecule has 7 N–H and O–H groups in total. The Morgan fingerprint density at radius 2 is 2.00 bits per heavy atom. The van der Waals surface area contributed by atoms with Crippen LogP contribution in [0.15, 0.2) is 18.2 Å². The largest absolute Gasteiger partial charge is 0.480 e. The van der Waals surface area contributed by atoms with Crippen molar-refractivity contribution in [3.63, 3.8) is 0 Å². The first kappa shape index (κ1) is 20.4. The number of carbonyl (C=O) groups excluding carboxylic acids is 1. The van der Waals surface area contributed by atoms with Crippen molar-refractivity contribution in [1.29, 1.82) is 5.41 Å². The second-order valence-corrected chi connectivity index (χ2v) is 5.96. The fourth-order valence-corrected chi connectivity index (χ4v) is 2.27. The first-order chi connectivity index (χ1) is 11.8. The Morgan fingerprint density at radius 1 is 1.28 bits per heavy atom. The van der Waals surface area contributed by atoms with Crippen LogP contribution >= 0.6 is 0 Å². The Bertz CT molecular complexity index is 618. The number of guanidine groups is 1. The lowest BCUT2D eigenvalue weighted by Crippen LogP contribution is -2.45. The molecule has 0 bridgehead atoms. The topological polar surface area (TPSA) is 140 Å². The summed E-state index contributed by atoms with van der Waals surface area (Å²) >= 11 is 0. The number of carboxylic acid groups (broad SMARTS) is 1. The molecule has 0 unspecified atom stereocenters. The highest BCUT2D eigenvalue weighted by molar-refractivity contribution is 5.84. The molecule has 0 saturated carbocycles. The average Bonchev–Trinajstić information content (AvgIpc) is 2.53. The quantitative estimate of drug-likeness (QED) is 0.203. The van der Waals surface area contributed by atoms with Crippen molar-refractivity contribution < 1.29 is 14.7 Å². The molecule has 0 saturated heterocycles. The van der Waals surface area contributed by atoms with Gasteiger partial charge in [0.2, 0.25) is 5.91 Å². The number of rotatable bonds is 10. The van der Waals surface area contributed by atoms with E-state index in [1.165, 1.54) is 11.1 Å². The van der Waals surface area contributed by atoms with Gasteiger partial charge >= 0.3 is 5.97 Å². The molecule has 0 aliphatic carbocycles. The summed E-state index contributed by atoms with van der Waals surface area (Å²) in [5, 5.41) is 24.3. The van der Waals surface area contributed by atoms with Crippen LogP contribution in [-0.2, 0) is 16.1 Å². The van der Waals surface area contributed by atoms with Gasteiger partial charge in [-0.15, -0.1) is 0 Å². The van der Waals surface area contributed by atoms with Gasteiger partial charge in [0.1, 0.15) is 6.04 Å². The van der Waals surface area contributed by atoms with Gasteiger partial charge < -0.3 is 26.8 Å². The van der Waals surface area contributed by atoms with Crippen LogP contribution < -0.4 is 21.7 Å². The Labute approximate surface area is 147 Å². The Morgan fingerprint density at radius 3 is 2.60 bits per heavy atom. The van der Waals surface area contributed by atoms with Crippen LogP contribution in [0.1, 0.15) is 29.5 Å². The smallest absolute Gasteiger partial charge is 0.326 e. The van der Waals surface area contributed by atoms with Crippen LogP contribution in [0.2, 0.25) is 0 Å². The number of benzene rings is 1. The fourth-order valence-electron chi connectivity index (χ4n) is 2.27. The molecule has 0 radical (unpaired) electrons. The first-order valence-corrected chi connectivity index (χ1v) is 8.16. The Hall–Kier alpha value is -2.61. The molecule has 1 aromatic carbocycles. The predicted molar refractivity (Wildman–Crippen MR) is 96.3 cm³/mol. The van der Waals surface area contributed by atoms with Gasteiger partial charge in [-0.1, -0.05) is 18.2 Å². The highest BCUT2D eigenvalue weighted by atomic mass is 16.4. The summed E-state index contributed by atoms with van der Waals surface area (Å²) in [5.41, 5.74) is 8.62. The maximum atomic E-state index is 11.9. The number of carboxylic acids is 1. The van der Waals surface area contributed by atoms with Crippen LogP contribution in [0.5, 0.6) is 0 Å². The molecule has 1 atom stereocenters. The van der Waals surface area contributed by atoms with Crippen molar-refractivity contribution >= 4 is 17.8 Å². The van der Waals surface area contributed by atoms with Gasteiger partial charge in [-0.05, 0) is 43.4 Å². The zero-order valence-electron chi connectivity index (χ0n) is 14.7. The number of aliphatic carboxylic acids is 1. The molecule has 1 rings (SSSR count). The summed E-state index contributed by atoms with van der Waals surface area (Å²) in [6.07, 6.45) is 0.741. The third-order valence-electron chi connectivity index (χ3n) is 3.80. The summed E-state index contributed by atoms with van der Waals surface area (Å²) in [5.74, 6) is -1.60. The van der Waals surface area contributed by atoms with E-state index in [2.05, 4.69) is 22.0 Å². The third-order valence-corrected chi connectivity index (χ3v) is 3.80. The molecular formula is C17H27N5O3. The number of carbonyl (C=O) groups is 2. The summed E-state index contributed by atoms with van der Waals surface area (Å²) in [6.45, 7) is 5.04. The molecule has 0 spiro atoms. The van der Waals surface area contributed by atoms with Gasteiger partial charge in [0.25, 0.3) is 0 Å². The van der Waals surface area contributed by atoms with Gasteiger partial charge in [-0.2, -0.15) is 0 Å². The normalized spacial score (nSPS) is 11.6. The second kappa shape index (κ2) is 10.3. The van der Waals surface area contributed by atoms with E-state index in [9.17, 15) is 9.59 Å². The highest BCUT2D eigenvalue weighted by Gasteiger charge is 2.19. The minimum Gasteiger partial charge on any atom is -0.480 e. The van der Waals surface area contributed by atoms with Crippen LogP contribution in [0.3, 0.4) is 0 Å². The summed E-state index contributed by atoms with van der Waals surface area (Å²) in [6, 6.07) is 5.13. The maximum Gasteiger partial charge on any atom is 0.326 e. The molecule has 8 nitrogen and oxygen atoms in total. The van der Waals surface area contributed by atoms with Crippen LogP contribution in [0.25, 0.3) is 0 Å². The lowest BCUT2D eigenvalue weighted by atomic mass is 10.1. The maximum absolute atomic E-state index is 11.9. The minimum absolute atomic E-state index is 0.0440. The SMILES string of the molecule is Cc1ccc(CNCC(=O)N[C@@H](CCCNC(=N)N)C(=O)O)cc1C. The Kier molecular flexibility index (Phi) is 8.42. The first-order valence-electron chi connectivity index (χ1n) is 8.16. The van der Waals surface area contributed by atoms with Gasteiger partial charge in [0.15, 0.2) is 5.96 Å². The van der Waals surface area contributed by atoms with Crippen molar-refractivity contribution in [3.05, 3.63) is 34.9 Å². The van der Waals surface area contributed by atoms with Crippen LogP contribution in [-0.4, -0.2) is 42.1 Å². The fraction of sp³-hybridized carbons (Fsp3) is 0.471. The second-order valence-electron chi connectivity index (χ2n) is 5.96. The van der Waals surface area contributed by atoms with Crippen molar-refractivity contribution in [2.75, 3.05) is 13.1 Å². The van der Waals surface area contributed by atoms with Gasteiger partial charge in [-0.25, -0.2) is 4.79 Å². The van der Waals surface area contributed by atoms with Crippen molar-refractivity contribution in [2.45, 2.75) is 39.3 Å². The van der Waals surface area contributed by atoms with E-state index in [0.29, 0.717) is 19.5 Å². The number of nitrogens with one attached hydrogen (secondary N) is 4. The molecule has 8 heteroatoms. The van der Waals surface area contributed by atoms with E-state index in [0.717, 1.165) is 5.56 Å². The van der Waals surface area contributed by atoms with Crippen LogP contribution in [0.4, 0.5) is 0 Å². The number of hydrogen-bond donors (Lipinski definition) is 6. The third kappa shape index (κ3) is 8.16. The van der Waals surface area contributed by atoms with E-state index in [1.54, 1.807) is 0 Å². The van der Waals surface area contributed by atoms with E-state index in [4.69, 9.17) is 16.2 Å². The lowest BCUT2D eigenvalue weighted by molar-refractivity contribution is -0.141. The average molecular weight is 349 g/mol. The molecule has 138 valence electrons. The summed E-state index contributed by atoms with van der Waals surface area (Å²) < 4.78 is 0. The standard InChI is InChI=1S/C17H27N5O3/c1-11-5-6-13(8-12(11)2)9-20-10-15(23)22-14(16(24)25)4-3-7-21-17(18)19/h5-6,8,14,20H,3-4,7,9-10H2,1-2H3,(H,22,23)(H,24,25)(H4,18,19,21)/t14-/m0/s1. The molecule has 0 fully saturated rings. The molecule has 25 heavy (non-hydrogen) atoms. The molecular weight excluding hydrogens is 322 g/mol. The minimum atomic E-state index is -1.08. The predicted octanol–water partition coefficient (Wildman–Crippen LogP) is 0.226. The van der Waals surface area contributed by atoms with Crippen molar-refractivity contribution in [1.82, 2.24) is 16.0 Å². The van der Waals surface area contributed by atoms with E-state index >= 15 is 0 Å². The molecule has 0 aliphatic rings. The highest BCUT2D eigenvalue weighted by Crippen LogP contribution is 2.09. The van der Waals surface area contributed by atoms with Gasteiger partial charge in [0.05, 0.1) is 6.54 Å². The molecule has 1 amide bonds. The zero-order chi connectivity index (χ0) is 18.8. The number of aryl methyl sites for hydroxylation is 2. The number of hydrogen-bond acceptors (Lipinski definition) is 4. The van der Waals surface area contributed by atoms with Gasteiger partial charge in [0, 0.05) is 13.1 Å². The molecule has 0 aromatic heterocycles.